The summed E-state index contributed by atoms with van der Waals surface area (Å²) in [6.45, 7) is 3.85. The second-order valence-corrected chi connectivity index (χ2v) is 4.95. The number of ether oxygens (including phenoxy) is 1. The molecule has 1 aromatic heterocycles. The number of nitrogens with one attached hydrogen (secondary N) is 1. The minimum absolute atomic E-state index is 0.130. The lowest BCUT2D eigenvalue weighted by Crippen LogP contribution is -2.16. The molecule has 0 fully saturated rings. The number of hydrogen-bond acceptors (Lipinski definition) is 4. The number of aryl methyl sites for hydroxylation is 2. The summed E-state index contributed by atoms with van der Waals surface area (Å²) in [6, 6.07) is 5.16. The predicted octanol–water partition coefficient (Wildman–Crippen LogP) is 1.81. The number of anilines is 2. The van der Waals surface area contributed by atoms with E-state index in [1.807, 2.05) is 20.9 Å². The summed E-state index contributed by atoms with van der Waals surface area (Å²) in [5, 5.41) is 7.12. The van der Waals surface area contributed by atoms with Crippen LogP contribution in [-0.4, -0.2) is 22.8 Å². The van der Waals surface area contributed by atoms with E-state index in [-0.39, 0.29) is 12.3 Å². The number of hydrogen-bond donors (Lipinski definition) is 2. The normalized spacial score (nSPS) is 10.5. The van der Waals surface area contributed by atoms with Crippen molar-refractivity contribution in [2.24, 2.45) is 7.05 Å². The predicted molar refractivity (Wildman–Crippen MR) is 82.4 cm³/mol. The van der Waals surface area contributed by atoms with Gasteiger partial charge in [-0.15, -0.1) is 0 Å². The van der Waals surface area contributed by atoms with Crippen LogP contribution in [0.25, 0.3) is 0 Å². The van der Waals surface area contributed by atoms with Gasteiger partial charge in [0, 0.05) is 24.4 Å². The van der Waals surface area contributed by atoms with E-state index in [9.17, 15) is 4.79 Å². The molecule has 2 rings (SSSR count). The van der Waals surface area contributed by atoms with Crippen LogP contribution in [0.3, 0.4) is 0 Å². The van der Waals surface area contributed by atoms with Gasteiger partial charge in [0.15, 0.2) is 0 Å². The average Bonchev–Trinajstić information content (AvgIpc) is 2.68. The van der Waals surface area contributed by atoms with Crippen molar-refractivity contribution >= 4 is 17.3 Å². The Hall–Kier alpha value is -2.50. The minimum atomic E-state index is -0.130. The molecule has 0 unspecified atom stereocenters. The number of benzene rings is 1. The summed E-state index contributed by atoms with van der Waals surface area (Å²) in [6.07, 6.45) is 0.266. The highest BCUT2D eigenvalue weighted by Crippen LogP contribution is 2.24. The van der Waals surface area contributed by atoms with E-state index in [4.69, 9.17) is 10.5 Å². The van der Waals surface area contributed by atoms with E-state index in [0.717, 1.165) is 17.0 Å². The van der Waals surface area contributed by atoms with Crippen molar-refractivity contribution in [1.82, 2.24) is 9.78 Å². The molecule has 0 atom stereocenters. The van der Waals surface area contributed by atoms with Crippen LogP contribution in [0.5, 0.6) is 5.75 Å². The molecule has 0 bridgehead atoms. The van der Waals surface area contributed by atoms with Gasteiger partial charge in [-0.25, -0.2) is 0 Å². The molecule has 1 heterocycles. The molecule has 2 aromatic rings. The number of nitrogen functional groups attached to an aromatic ring is 1. The van der Waals surface area contributed by atoms with Crippen LogP contribution < -0.4 is 15.8 Å². The van der Waals surface area contributed by atoms with E-state index in [0.29, 0.717) is 17.1 Å². The zero-order valence-electron chi connectivity index (χ0n) is 12.7. The summed E-state index contributed by atoms with van der Waals surface area (Å²) < 4.78 is 6.91. The SMILES string of the molecule is COc1ccc(N)c(NC(=O)Cc2c(C)nn(C)c2C)c1. The Kier molecular flexibility index (Phi) is 4.16. The molecule has 3 N–H and O–H groups in total. The average molecular weight is 288 g/mol. The molecule has 0 aliphatic heterocycles. The highest BCUT2D eigenvalue weighted by atomic mass is 16.5. The molecule has 1 amide bonds. The molecule has 6 nitrogen and oxygen atoms in total. The quantitative estimate of drug-likeness (QED) is 0.841. The zero-order valence-corrected chi connectivity index (χ0v) is 12.7. The molecule has 0 saturated carbocycles. The van der Waals surface area contributed by atoms with E-state index in [1.54, 1.807) is 30.0 Å². The van der Waals surface area contributed by atoms with Crippen LogP contribution in [0.4, 0.5) is 11.4 Å². The van der Waals surface area contributed by atoms with E-state index < -0.39 is 0 Å². The molecular weight excluding hydrogens is 268 g/mol. The fourth-order valence-corrected chi connectivity index (χ4v) is 2.20. The third-order valence-corrected chi connectivity index (χ3v) is 3.53. The summed E-state index contributed by atoms with van der Waals surface area (Å²) in [4.78, 5) is 12.2. The van der Waals surface area contributed by atoms with Crippen molar-refractivity contribution < 1.29 is 9.53 Å². The van der Waals surface area contributed by atoms with E-state index in [2.05, 4.69) is 10.4 Å². The second-order valence-electron chi connectivity index (χ2n) is 4.95. The van der Waals surface area contributed by atoms with Crippen molar-refractivity contribution in [3.63, 3.8) is 0 Å². The van der Waals surface area contributed by atoms with Crippen LogP contribution in [-0.2, 0) is 18.3 Å². The zero-order chi connectivity index (χ0) is 15.6. The number of nitrogens with zero attached hydrogens (tertiary/aromatic N) is 2. The smallest absolute Gasteiger partial charge is 0.228 e. The number of amides is 1. The molecule has 0 aliphatic carbocycles. The highest BCUT2D eigenvalue weighted by molar-refractivity contribution is 5.95. The van der Waals surface area contributed by atoms with E-state index in [1.165, 1.54) is 0 Å². The van der Waals surface area contributed by atoms with Gasteiger partial charge >= 0.3 is 0 Å². The van der Waals surface area contributed by atoms with Crippen molar-refractivity contribution in [3.05, 3.63) is 35.2 Å². The Labute approximate surface area is 123 Å². The van der Waals surface area contributed by atoms with Gasteiger partial charge in [0.2, 0.25) is 5.91 Å². The van der Waals surface area contributed by atoms with Gasteiger partial charge in [0.05, 0.1) is 30.6 Å². The van der Waals surface area contributed by atoms with Crippen LogP contribution in [0.2, 0.25) is 0 Å². The lowest BCUT2D eigenvalue weighted by Gasteiger charge is -2.10. The van der Waals surface area contributed by atoms with Crippen LogP contribution in [0, 0.1) is 13.8 Å². The van der Waals surface area contributed by atoms with Gasteiger partial charge in [0.1, 0.15) is 5.75 Å². The Balaban J connectivity index is 2.15. The number of nitrogens with two attached hydrogens (primary N) is 1. The summed E-state index contributed by atoms with van der Waals surface area (Å²) in [5.41, 5.74) is 9.71. The maximum Gasteiger partial charge on any atom is 0.228 e. The lowest BCUT2D eigenvalue weighted by molar-refractivity contribution is -0.115. The number of aromatic nitrogens is 2. The maximum atomic E-state index is 12.2. The Morgan fingerprint density at radius 3 is 2.71 bits per heavy atom. The topological polar surface area (TPSA) is 82.2 Å². The third-order valence-electron chi connectivity index (χ3n) is 3.53. The minimum Gasteiger partial charge on any atom is -0.497 e. The molecule has 0 saturated heterocycles. The summed E-state index contributed by atoms with van der Waals surface area (Å²) >= 11 is 0. The van der Waals surface area contributed by atoms with Crippen molar-refractivity contribution in [1.29, 1.82) is 0 Å². The van der Waals surface area contributed by atoms with Crippen molar-refractivity contribution in [2.75, 3.05) is 18.2 Å². The fourth-order valence-electron chi connectivity index (χ4n) is 2.20. The lowest BCUT2D eigenvalue weighted by atomic mass is 10.1. The number of methoxy groups -OCH3 is 1. The Morgan fingerprint density at radius 2 is 2.14 bits per heavy atom. The molecule has 0 aliphatic rings. The fraction of sp³-hybridized carbons (Fsp3) is 0.333. The number of carbonyl (C=O) groups excluding carboxylic acids is 1. The monoisotopic (exact) mass is 288 g/mol. The molecule has 1 aromatic carbocycles. The van der Waals surface area contributed by atoms with Gasteiger partial charge in [-0.2, -0.15) is 5.10 Å². The molecular formula is C15H20N4O2. The van der Waals surface area contributed by atoms with Gasteiger partial charge in [-0.05, 0) is 26.0 Å². The van der Waals surface area contributed by atoms with Crippen LogP contribution in [0.15, 0.2) is 18.2 Å². The first-order valence-corrected chi connectivity index (χ1v) is 6.64. The van der Waals surface area contributed by atoms with Crippen molar-refractivity contribution in [3.8, 4) is 5.75 Å². The summed E-state index contributed by atoms with van der Waals surface area (Å²) in [7, 11) is 3.43. The Bertz CT molecular complexity index is 677. The van der Waals surface area contributed by atoms with E-state index >= 15 is 0 Å². The second kappa shape index (κ2) is 5.87. The highest BCUT2D eigenvalue weighted by Gasteiger charge is 2.14. The van der Waals surface area contributed by atoms with Crippen LogP contribution >= 0.6 is 0 Å². The summed E-state index contributed by atoms with van der Waals surface area (Å²) in [5.74, 6) is 0.516. The molecule has 112 valence electrons. The standard InChI is InChI=1S/C15H20N4O2/c1-9-12(10(2)19(3)18-9)8-15(20)17-14-7-11(21-4)5-6-13(14)16/h5-7H,8,16H2,1-4H3,(H,17,20). The number of carbonyl (C=O) groups is 1. The van der Waals surface area contributed by atoms with Gasteiger partial charge in [-0.3, -0.25) is 9.48 Å². The molecule has 6 heteroatoms. The number of rotatable bonds is 4. The van der Waals surface area contributed by atoms with Crippen molar-refractivity contribution in [2.45, 2.75) is 20.3 Å². The first-order valence-electron chi connectivity index (χ1n) is 6.64. The van der Waals surface area contributed by atoms with Gasteiger partial charge < -0.3 is 15.8 Å². The molecule has 0 spiro atoms. The Morgan fingerprint density at radius 1 is 1.43 bits per heavy atom. The largest absolute Gasteiger partial charge is 0.497 e. The van der Waals surface area contributed by atoms with Gasteiger partial charge in [0.25, 0.3) is 0 Å². The van der Waals surface area contributed by atoms with Crippen LogP contribution in [0.1, 0.15) is 17.0 Å². The molecule has 21 heavy (non-hydrogen) atoms. The van der Waals surface area contributed by atoms with Gasteiger partial charge in [-0.1, -0.05) is 0 Å². The maximum absolute atomic E-state index is 12.2. The third kappa shape index (κ3) is 3.16. The first-order chi connectivity index (χ1) is 9.92. The first kappa shape index (κ1) is 14.9. The molecule has 0 radical (unpaired) electrons.